The Morgan fingerprint density at radius 1 is 1.45 bits per heavy atom. The summed E-state index contributed by atoms with van der Waals surface area (Å²) in [5.74, 6) is 0.320. The Morgan fingerprint density at radius 2 is 2.00 bits per heavy atom. The molecule has 1 saturated carbocycles. The first-order valence-corrected chi connectivity index (χ1v) is 4.60. The molecule has 0 aromatic rings. The molecule has 2 N–H and O–H groups in total. The number of hydrogen-bond acceptors (Lipinski definition) is 1. The van der Waals surface area contributed by atoms with Gasteiger partial charge in [0.1, 0.15) is 6.17 Å². The molecule has 1 nitrogen and oxygen atoms in total. The van der Waals surface area contributed by atoms with Gasteiger partial charge in [-0.25, -0.2) is 4.39 Å². The van der Waals surface area contributed by atoms with Crippen molar-refractivity contribution in [3.05, 3.63) is 0 Å². The maximum atomic E-state index is 13.3. The second-order valence-electron chi connectivity index (χ2n) is 3.77. The van der Waals surface area contributed by atoms with E-state index in [1.54, 1.807) is 0 Å². The number of rotatable bonds is 3. The maximum Gasteiger partial charge on any atom is 0.104 e. The molecule has 0 aromatic heterocycles. The van der Waals surface area contributed by atoms with Crippen LogP contribution in [0.5, 0.6) is 0 Å². The predicted octanol–water partition coefficient (Wildman–Crippen LogP) is 2.25. The summed E-state index contributed by atoms with van der Waals surface area (Å²) >= 11 is 0. The van der Waals surface area contributed by atoms with Crippen LogP contribution in [-0.4, -0.2) is 12.2 Å². The minimum atomic E-state index is -0.641. The van der Waals surface area contributed by atoms with Gasteiger partial charge in [-0.3, -0.25) is 0 Å². The molecule has 0 bridgehead atoms. The quantitative estimate of drug-likeness (QED) is 0.671. The Balaban J connectivity index is 2.22. The van der Waals surface area contributed by atoms with Crippen molar-refractivity contribution in [1.29, 1.82) is 0 Å². The third kappa shape index (κ3) is 2.78. The van der Waals surface area contributed by atoms with Crippen molar-refractivity contribution in [2.75, 3.05) is 0 Å². The molecule has 0 radical (unpaired) electrons. The second kappa shape index (κ2) is 4.05. The molecule has 0 heterocycles. The zero-order chi connectivity index (χ0) is 8.27. The topological polar surface area (TPSA) is 26.0 Å². The summed E-state index contributed by atoms with van der Waals surface area (Å²) in [6.45, 7) is 1.88. The highest BCUT2D eigenvalue weighted by atomic mass is 19.1. The van der Waals surface area contributed by atoms with E-state index < -0.39 is 6.17 Å². The molecule has 1 aliphatic rings. The van der Waals surface area contributed by atoms with E-state index in [0.29, 0.717) is 12.3 Å². The summed E-state index contributed by atoms with van der Waals surface area (Å²) < 4.78 is 13.3. The van der Waals surface area contributed by atoms with Crippen LogP contribution in [0, 0.1) is 5.92 Å². The van der Waals surface area contributed by atoms with Gasteiger partial charge in [0.05, 0.1) is 0 Å². The van der Waals surface area contributed by atoms with Gasteiger partial charge in [-0.1, -0.05) is 12.8 Å². The Morgan fingerprint density at radius 3 is 2.45 bits per heavy atom. The van der Waals surface area contributed by atoms with Crippen LogP contribution in [0.4, 0.5) is 4.39 Å². The van der Waals surface area contributed by atoms with E-state index in [4.69, 9.17) is 5.73 Å². The summed E-state index contributed by atoms with van der Waals surface area (Å²) in [6, 6.07) is 0.0191. The van der Waals surface area contributed by atoms with E-state index in [-0.39, 0.29) is 6.04 Å². The van der Waals surface area contributed by atoms with Crippen LogP contribution >= 0.6 is 0 Å². The zero-order valence-electron chi connectivity index (χ0n) is 7.22. The van der Waals surface area contributed by atoms with Gasteiger partial charge in [-0.2, -0.15) is 0 Å². The highest BCUT2D eigenvalue weighted by molar-refractivity contribution is 4.77. The SMILES string of the molecule is CC(N)CC(F)C1CCCC1. The first kappa shape index (κ1) is 8.98. The summed E-state index contributed by atoms with van der Waals surface area (Å²) in [5, 5.41) is 0. The molecule has 1 aliphatic carbocycles. The highest BCUT2D eigenvalue weighted by Gasteiger charge is 2.24. The van der Waals surface area contributed by atoms with E-state index in [1.165, 1.54) is 12.8 Å². The average Bonchev–Trinajstić information content (AvgIpc) is 2.35. The maximum absolute atomic E-state index is 13.3. The van der Waals surface area contributed by atoms with Gasteiger partial charge in [0.2, 0.25) is 0 Å². The van der Waals surface area contributed by atoms with Gasteiger partial charge in [0, 0.05) is 6.04 Å². The van der Waals surface area contributed by atoms with E-state index in [1.807, 2.05) is 6.92 Å². The van der Waals surface area contributed by atoms with E-state index >= 15 is 0 Å². The molecule has 1 rings (SSSR count). The second-order valence-corrected chi connectivity index (χ2v) is 3.77. The van der Waals surface area contributed by atoms with Crippen molar-refractivity contribution < 1.29 is 4.39 Å². The van der Waals surface area contributed by atoms with Crippen LogP contribution in [0.2, 0.25) is 0 Å². The zero-order valence-corrected chi connectivity index (χ0v) is 7.22. The number of halogens is 1. The van der Waals surface area contributed by atoms with Crippen molar-refractivity contribution in [3.8, 4) is 0 Å². The van der Waals surface area contributed by atoms with Crippen molar-refractivity contribution in [1.82, 2.24) is 0 Å². The number of nitrogens with two attached hydrogens (primary N) is 1. The van der Waals surface area contributed by atoms with Crippen molar-refractivity contribution in [2.24, 2.45) is 11.7 Å². The van der Waals surface area contributed by atoms with Crippen LogP contribution in [0.25, 0.3) is 0 Å². The van der Waals surface area contributed by atoms with Crippen molar-refractivity contribution in [3.63, 3.8) is 0 Å². The largest absolute Gasteiger partial charge is 0.328 e. The minimum Gasteiger partial charge on any atom is -0.328 e. The summed E-state index contributed by atoms with van der Waals surface area (Å²) in [6.07, 6.45) is 4.48. The van der Waals surface area contributed by atoms with E-state index in [0.717, 1.165) is 12.8 Å². The van der Waals surface area contributed by atoms with Crippen molar-refractivity contribution in [2.45, 2.75) is 51.2 Å². The fourth-order valence-electron chi connectivity index (χ4n) is 1.87. The molecule has 0 amide bonds. The molecule has 66 valence electrons. The summed E-state index contributed by atoms with van der Waals surface area (Å²) in [5.41, 5.74) is 5.52. The predicted molar refractivity (Wildman–Crippen MR) is 45.1 cm³/mol. The number of hydrogen-bond donors (Lipinski definition) is 1. The van der Waals surface area contributed by atoms with Crippen LogP contribution in [0.3, 0.4) is 0 Å². The van der Waals surface area contributed by atoms with Crippen molar-refractivity contribution >= 4 is 0 Å². The number of alkyl halides is 1. The highest BCUT2D eigenvalue weighted by Crippen LogP contribution is 2.30. The Labute approximate surface area is 68.2 Å². The molecule has 0 saturated heterocycles. The van der Waals surface area contributed by atoms with Gasteiger partial charge in [0.25, 0.3) is 0 Å². The molecule has 0 aromatic carbocycles. The Hall–Kier alpha value is -0.110. The van der Waals surface area contributed by atoms with Crippen LogP contribution in [-0.2, 0) is 0 Å². The Bertz CT molecular complexity index is 108. The fourth-order valence-corrected chi connectivity index (χ4v) is 1.87. The first-order chi connectivity index (χ1) is 5.20. The summed E-state index contributed by atoms with van der Waals surface area (Å²) in [7, 11) is 0. The van der Waals surface area contributed by atoms with Gasteiger partial charge >= 0.3 is 0 Å². The van der Waals surface area contributed by atoms with E-state index in [2.05, 4.69) is 0 Å². The monoisotopic (exact) mass is 159 g/mol. The lowest BCUT2D eigenvalue weighted by molar-refractivity contribution is 0.208. The lowest BCUT2D eigenvalue weighted by Gasteiger charge is -2.16. The average molecular weight is 159 g/mol. The lowest BCUT2D eigenvalue weighted by atomic mass is 9.97. The van der Waals surface area contributed by atoms with Gasteiger partial charge in [-0.15, -0.1) is 0 Å². The smallest absolute Gasteiger partial charge is 0.104 e. The summed E-state index contributed by atoms with van der Waals surface area (Å²) in [4.78, 5) is 0. The molecular weight excluding hydrogens is 141 g/mol. The van der Waals surface area contributed by atoms with Crippen LogP contribution < -0.4 is 5.73 Å². The third-order valence-corrected chi connectivity index (χ3v) is 2.51. The third-order valence-electron chi connectivity index (χ3n) is 2.51. The minimum absolute atomic E-state index is 0.0191. The molecule has 2 heteroatoms. The fraction of sp³-hybridized carbons (Fsp3) is 1.00. The molecular formula is C9H18FN. The van der Waals surface area contributed by atoms with Gasteiger partial charge in [0.15, 0.2) is 0 Å². The molecule has 1 fully saturated rings. The first-order valence-electron chi connectivity index (χ1n) is 4.60. The standard InChI is InChI=1S/C9H18FN/c1-7(11)6-9(10)8-4-2-3-5-8/h7-9H,2-6,11H2,1H3. The lowest BCUT2D eigenvalue weighted by Crippen LogP contribution is -2.24. The molecule has 2 atom stereocenters. The molecule has 0 spiro atoms. The van der Waals surface area contributed by atoms with Crippen LogP contribution in [0.1, 0.15) is 39.0 Å². The molecule has 0 aliphatic heterocycles. The van der Waals surface area contributed by atoms with Crippen LogP contribution in [0.15, 0.2) is 0 Å². The molecule has 2 unspecified atom stereocenters. The van der Waals surface area contributed by atoms with Gasteiger partial charge in [-0.05, 0) is 32.1 Å². The van der Waals surface area contributed by atoms with E-state index in [9.17, 15) is 4.39 Å². The van der Waals surface area contributed by atoms with Gasteiger partial charge < -0.3 is 5.73 Å². The normalized spacial score (nSPS) is 25.4. The molecule has 11 heavy (non-hydrogen) atoms. The Kier molecular flexibility index (Phi) is 3.31.